The molecule has 3 aromatic rings. The van der Waals surface area contributed by atoms with E-state index in [4.69, 9.17) is 9.47 Å². The summed E-state index contributed by atoms with van der Waals surface area (Å²) in [5, 5.41) is 13.4. The standard InChI is InChI=1S/C24H24FN5O4/c1-33-20-9-5-8-18(21(20)34-15-16-6-4-7-17(12-16)23(31)32)13-27-29-24-26-14-19(25)22(28-24)30-10-2-3-11-30/h4-9,12-14H,2-3,10-11,15H2,1H3,(H,31,32)(H,26,28,29)/b27-13+. The van der Waals surface area contributed by atoms with Crippen LogP contribution in [0, 0.1) is 5.82 Å². The molecular weight excluding hydrogens is 441 g/mol. The first kappa shape index (κ1) is 23.0. The van der Waals surface area contributed by atoms with Crippen molar-refractivity contribution in [3.05, 3.63) is 71.2 Å². The number of carboxylic acid groups (broad SMARTS) is 1. The van der Waals surface area contributed by atoms with Crippen LogP contribution < -0.4 is 19.8 Å². The molecule has 1 aliphatic rings. The summed E-state index contributed by atoms with van der Waals surface area (Å²) in [4.78, 5) is 21.3. The van der Waals surface area contributed by atoms with Gasteiger partial charge in [0.15, 0.2) is 23.1 Å². The van der Waals surface area contributed by atoms with Gasteiger partial charge < -0.3 is 19.5 Å². The van der Waals surface area contributed by atoms with Gasteiger partial charge in [0, 0.05) is 18.7 Å². The molecule has 0 atom stereocenters. The quantitative estimate of drug-likeness (QED) is 0.361. The Morgan fingerprint density at radius 3 is 2.82 bits per heavy atom. The number of nitrogens with zero attached hydrogens (tertiary/aromatic N) is 4. The zero-order chi connectivity index (χ0) is 23.9. The SMILES string of the molecule is COc1cccc(/C=N/Nc2ncc(F)c(N3CCCC3)n2)c1OCc1cccc(C(=O)O)c1. The maximum Gasteiger partial charge on any atom is 0.335 e. The molecule has 9 nitrogen and oxygen atoms in total. The summed E-state index contributed by atoms with van der Waals surface area (Å²) in [6.45, 7) is 1.66. The highest BCUT2D eigenvalue weighted by molar-refractivity contribution is 5.87. The summed E-state index contributed by atoms with van der Waals surface area (Å²) in [7, 11) is 1.53. The molecule has 1 fully saturated rings. The van der Waals surface area contributed by atoms with E-state index in [1.807, 2.05) is 4.90 Å². The van der Waals surface area contributed by atoms with Gasteiger partial charge in [0.25, 0.3) is 0 Å². The highest BCUT2D eigenvalue weighted by Crippen LogP contribution is 2.31. The van der Waals surface area contributed by atoms with E-state index in [1.54, 1.807) is 36.4 Å². The van der Waals surface area contributed by atoms with E-state index in [1.165, 1.54) is 19.4 Å². The van der Waals surface area contributed by atoms with Crippen molar-refractivity contribution in [3.8, 4) is 11.5 Å². The summed E-state index contributed by atoms with van der Waals surface area (Å²) in [6, 6.07) is 11.8. The Bertz CT molecular complexity index is 1200. The second-order valence-corrected chi connectivity index (χ2v) is 7.60. The number of rotatable bonds is 9. The van der Waals surface area contributed by atoms with Crippen LogP contribution in [-0.4, -0.2) is 47.5 Å². The van der Waals surface area contributed by atoms with Crippen molar-refractivity contribution in [1.29, 1.82) is 0 Å². The van der Waals surface area contributed by atoms with Gasteiger partial charge in [-0.05, 0) is 42.7 Å². The van der Waals surface area contributed by atoms with Gasteiger partial charge in [-0.3, -0.25) is 0 Å². The van der Waals surface area contributed by atoms with Gasteiger partial charge in [-0.1, -0.05) is 18.2 Å². The van der Waals surface area contributed by atoms with E-state index in [-0.39, 0.29) is 23.9 Å². The molecule has 0 bridgehead atoms. The van der Waals surface area contributed by atoms with Crippen molar-refractivity contribution in [1.82, 2.24) is 9.97 Å². The second-order valence-electron chi connectivity index (χ2n) is 7.60. The zero-order valence-corrected chi connectivity index (χ0v) is 18.6. The van der Waals surface area contributed by atoms with Crippen molar-refractivity contribution in [2.24, 2.45) is 5.10 Å². The summed E-state index contributed by atoms with van der Waals surface area (Å²) < 4.78 is 25.5. The Kier molecular flexibility index (Phi) is 7.16. The van der Waals surface area contributed by atoms with Crippen molar-refractivity contribution < 1.29 is 23.8 Å². The third-order valence-electron chi connectivity index (χ3n) is 5.29. The lowest BCUT2D eigenvalue weighted by Crippen LogP contribution is -2.21. The third-order valence-corrected chi connectivity index (χ3v) is 5.29. The first-order valence-electron chi connectivity index (χ1n) is 10.7. The Morgan fingerprint density at radius 2 is 2.06 bits per heavy atom. The highest BCUT2D eigenvalue weighted by atomic mass is 19.1. The molecule has 176 valence electrons. The summed E-state index contributed by atoms with van der Waals surface area (Å²) in [6.07, 6.45) is 4.66. The molecule has 0 unspecified atom stereocenters. The van der Waals surface area contributed by atoms with Gasteiger partial charge in [0.05, 0.1) is 25.1 Å². The van der Waals surface area contributed by atoms with Gasteiger partial charge in [0.1, 0.15) is 6.61 Å². The van der Waals surface area contributed by atoms with E-state index in [9.17, 15) is 14.3 Å². The number of aromatic carboxylic acids is 1. The normalized spacial score (nSPS) is 13.3. The smallest absolute Gasteiger partial charge is 0.335 e. The van der Waals surface area contributed by atoms with E-state index in [2.05, 4.69) is 20.5 Å². The largest absolute Gasteiger partial charge is 0.493 e. The molecule has 10 heteroatoms. The van der Waals surface area contributed by atoms with Crippen LogP contribution in [0.5, 0.6) is 11.5 Å². The number of hydrogen-bond donors (Lipinski definition) is 2. The fraction of sp³-hybridized carbons (Fsp3) is 0.250. The molecule has 1 saturated heterocycles. The lowest BCUT2D eigenvalue weighted by Gasteiger charge is -2.17. The fourth-order valence-corrected chi connectivity index (χ4v) is 3.62. The Hall–Kier alpha value is -4.21. The third kappa shape index (κ3) is 5.40. The van der Waals surface area contributed by atoms with E-state index in [0.717, 1.165) is 32.1 Å². The van der Waals surface area contributed by atoms with Crippen LogP contribution in [0.4, 0.5) is 16.2 Å². The van der Waals surface area contributed by atoms with E-state index in [0.29, 0.717) is 22.6 Å². The van der Waals surface area contributed by atoms with Crippen LogP contribution in [0.1, 0.15) is 34.3 Å². The lowest BCUT2D eigenvalue weighted by molar-refractivity contribution is 0.0696. The van der Waals surface area contributed by atoms with Crippen molar-refractivity contribution in [2.45, 2.75) is 19.4 Å². The van der Waals surface area contributed by atoms with Crippen LogP contribution in [0.2, 0.25) is 0 Å². The van der Waals surface area contributed by atoms with Crippen LogP contribution in [-0.2, 0) is 6.61 Å². The molecule has 34 heavy (non-hydrogen) atoms. The van der Waals surface area contributed by atoms with Crippen LogP contribution in [0.15, 0.2) is 53.8 Å². The van der Waals surface area contributed by atoms with Crippen molar-refractivity contribution in [3.63, 3.8) is 0 Å². The van der Waals surface area contributed by atoms with Crippen LogP contribution >= 0.6 is 0 Å². The van der Waals surface area contributed by atoms with E-state index < -0.39 is 11.8 Å². The Balaban J connectivity index is 1.49. The minimum Gasteiger partial charge on any atom is -0.493 e. The molecule has 1 aliphatic heterocycles. The maximum absolute atomic E-state index is 14.1. The number of benzene rings is 2. The zero-order valence-electron chi connectivity index (χ0n) is 18.6. The average molecular weight is 465 g/mol. The molecule has 0 saturated carbocycles. The van der Waals surface area contributed by atoms with Crippen LogP contribution in [0.3, 0.4) is 0 Å². The molecular formula is C24H24FN5O4. The monoisotopic (exact) mass is 465 g/mol. The van der Waals surface area contributed by atoms with E-state index >= 15 is 0 Å². The molecule has 2 N–H and O–H groups in total. The molecule has 0 amide bonds. The second kappa shape index (κ2) is 10.6. The number of hydrazone groups is 1. The molecule has 0 aliphatic carbocycles. The average Bonchev–Trinajstić information content (AvgIpc) is 3.39. The summed E-state index contributed by atoms with van der Waals surface area (Å²) >= 11 is 0. The number of nitrogens with one attached hydrogen (secondary N) is 1. The maximum atomic E-state index is 14.1. The minimum absolute atomic E-state index is 0.135. The molecule has 0 radical (unpaired) electrons. The highest BCUT2D eigenvalue weighted by Gasteiger charge is 2.18. The number of carbonyl (C=O) groups is 1. The Labute approximate surface area is 195 Å². The number of carboxylic acids is 1. The number of methoxy groups -OCH3 is 1. The number of para-hydroxylation sites is 1. The predicted molar refractivity (Wildman–Crippen MR) is 125 cm³/mol. The van der Waals surface area contributed by atoms with Gasteiger partial charge in [-0.15, -0.1) is 0 Å². The van der Waals surface area contributed by atoms with Gasteiger partial charge in [-0.2, -0.15) is 10.1 Å². The number of aromatic nitrogens is 2. The topological polar surface area (TPSA) is 109 Å². The number of anilines is 2. The summed E-state index contributed by atoms with van der Waals surface area (Å²) in [5.41, 5.74) is 4.22. The molecule has 1 aromatic heterocycles. The number of hydrogen-bond acceptors (Lipinski definition) is 8. The predicted octanol–water partition coefficient (Wildman–Crippen LogP) is 3.95. The first-order chi connectivity index (χ1) is 16.5. The van der Waals surface area contributed by atoms with Crippen molar-refractivity contribution in [2.75, 3.05) is 30.5 Å². The molecule has 0 spiro atoms. The Morgan fingerprint density at radius 1 is 1.26 bits per heavy atom. The fourth-order valence-electron chi connectivity index (χ4n) is 3.62. The van der Waals surface area contributed by atoms with Crippen molar-refractivity contribution >= 4 is 24.0 Å². The molecule has 2 heterocycles. The summed E-state index contributed by atoms with van der Waals surface area (Å²) in [5.74, 6) is -0.0999. The van der Waals surface area contributed by atoms with Gasteiger partial charge in [0.2, 0.25) is 5.95 Å². The first-order valence-corrected chi connectivity index (χ1v) is 10.7. The number of halogens is 1. The lowest BCUT2D eigenvalue weighted by atomic mass is 10.1. The number of ether oxygens (including phenoxy) is 2. The molecule has 2 aromatic carbocycles. The molecule has 4 rings (SSSR count). The minimum atomic E-state index is -1.01. The van der Waals surface area contributed by atoms with Gasteiger partial charge >= 0.3 is 5.97 Å². The van der Waals surface area contributed by atoms with Gasteiger partial charge in [-0.25, -0.2) is 19.6 Å². The van der Waals surface area contributed by atoms with Crippen LogP contribution in [0.25, 0.3) is 0 Å².